The zero-order valence-corrected chi connectivity index (χ0v) is 8.11. The summed E-state index contributed by atoms with van der Waals surface area (Å²) in [5, 5.41) is 8.65. The zero-order chi connectivity index (χ0) is 9.80. The quantitative estimate of drug-likeness (QED) is 0.711. The van der Waals surface area contributed by atoms with Gasteiger partial charge in [-0.25, -0.2) is 0 Å². The number of hydrogen-bond donors (Lipinski definition) is 1. The molecule has 1 saturated heterocycles. The van der Waals surface area contributed by atoms with Gasteiger partial charge in [0.1, 0.15) is 5.75 Å². The van der Waals surface area contributed by atoms with Crippen LogP contribution in [0, 0.1) is 0 Å². The Labute approximate surface area is 83.8 Å². The highest BCUT2D eigenvalue weighted by Gasteiger charge is 2.16. The van der Waals surface area contributed by atoms with E-state index in [1.807, 2.05) is 0 Å². The fraction of sp³-hybridized carbons (Fsp3) is 0.556. The molecule has 5 heteroatoms. The van der Waals surface area contributed by atoms with E-state index in [4.69, 9.17) is 14.1 Å². The van der Waals surface area contributed by atoms with Crippen molar-refractivity contribution in [2.45, 2.75) is 19.4 Å². The highest BCUT2D eigenvalue weighted by molar-refractivity contribution is 6.17. The summed E-state index contributed by atoms with van der Waals surface area (Å²) in [5.41, 5.74) is 0. The molecule has 76 valence electrons. The van der Waals surface area contributed by atoms with Gasteiger partial charge in [-0.15, -0.1) is 0 Å². The Hall–Kier alpha value is -0.935. The van der Waals surface area contributed by atoms with Crippen molar-refractivity contribution < 1.29 is 14.1 Å². The highest BCUT2D eigenvalue weighted by Crippen LogP contribution is 2.22. The molecule has 0 aromatic carbocycles. The molecule has 0 atom stereocenters. The molecule has 14 heavy (non-hydrogen) atoms. The second kappa shape index (κ2) is 4.53. The van der Waals surface area contributed by atoms with E-state index in [-0.39, 0.29) is 7.69 Å². The van der Waals surface area contributed by atoms with Crippen LogP contribution in [0.3, 0.4) is 0 Å². The fourth-order valence-corrected chi connectivity index (χ4v) is 1.79. The van der Waals surface area contributed by atoms with Crippen LogP contribution in [0.5, 0.6) is 5.75 Å². The lowest BCUT2D eigenvalue weighted by atomic mass is 10.3. The standard InChI is InChI=1S/C9H14BNO3/c12-10-14-8-3-6-13-9(8)7-11-4-1-2-5-11/h3,6,10,12H,1-2,4-5,7H2. The van der Waals surface area contributed by atoms with Gasteiger partial charge in [-0.05, 0) is 25.9 Å². The molecule has 1 aromatic heterocycles. The Balaban J connectivity index is 1.96. The summed E-state index contributed by atoms with van der Waals surface area (Å²) in [6.07, 6.45) is 4.12. The minimum absolute atomic E-state index is 0.299. The monoisotopic (exact) mass is 195 g/mol. The molecule has 2 rings (SSSR count). The molecule has 1 aliphatic heterocycles. The van der Waals surface area contributed by atoms with Crippen LogP contribution < -0.4 is 4.65 Å². The molecule has 0 unspecified atom stereocenters. The van der Waals surface area contributed by atoms with Crippen molar-refractivity contribution in [2.75, 3.05) is 13.1 Å². The molecule has 4 nitrogen and oxygen atoms in total. The van der Waals surface area contributed by atoms with Gasteiger partial charge in [0.05, 0.1) is 12.8 Å². The Bertz CT molecular complexity index is 283. The fourth-order valence-electron chi connectivity index (χ4n) is 1.79. The third kappa shape index (κ3) is 2.11. The molecule has 1 N–H and O–H groups in total. The normalized spacial score (nSPS) is 17.2. The van der Waals surface area contributed by atoms with Crippen LogP contribution in [0.4, 0.5) is 0 Å². The Morgan fingerprint density at radius 1 is 1.50 bits per heavy atom. The maximum atomic E-state index is 8.65. The van der Waals surface area contributed by atoms with E-state index in [0.717, 1.165) is 25.4 Å². The van der Waals surface area contributed by atoms with Gasteiger partial charge in [-0.3, -0.25) is 4.90 Å². The van der Waals surface area contributed by atoms with Crippen molar-refractivity contribution in [1.29, 1.82) is 0 Å². The molecular formula is C9H14BNO3. The lowest BCUT2D eigenvalue weighted by molar-refractivity contribution is 0.291. The van der Waals surface area contributed by atoms with Gasteiger partial charge >= 0.3 is 7.69 Å². The SMILES string of the molecule is OBOc1ccoc1CN1CCCC1. The molecule has 0 radical (unpaired) electrons. The molecule has 1 aromatic rings. The Morgan fingerprint density at radius 3 is 3.00 bits per heavy atom. The minimum atomic E-state index is -0.299. The molecule has 1 fully saturated rings. The number of nitrogens with zero attached hydrogens (tertiary/aromatic N) is 1. The van der Waals surface area contributed by atoms with Crippen LogP contribution >= 0.6 is 0 Å². The van der Waals surface area contributed by atoms with Crippen LogP contribution in [-0.2, 0) is 6.54 Å². The third-order valence-electron chi connectivity index (χ3n) is 2.49. The van der Waals surface area contributed by atoms with Crippen molar-refractivity contribution >= 4 is 7.69 Å². The first-order valence-electron chi connectivity index (χ1n) is 4.92. The maximum Gasteiger partial charge on any atom is 0.504 e. The van der Waals surface area contributed by atoms with Gasteiger partial charge in [0.15, 0.2) is 5.76 Å². The molecule has 0 bridgehead atoms. The van der Waals surface area contributed by atoms with E-state index in [9.17, 15) is 0 Å². The largest absolute Gasteiger partial charge is 0.536 e. The predicted octanol–water partition coefficient (Wildman–Crippen LogP) is 0.513. The first-order chi connectivity index (χ1) is 6.90. The van der Waals surface area contributed by atoms with E-state index >= 15 is 0 Å². The summed E-state index contributed by atoms with van der Waals surface area (Å²) in [6.45, 7) is 3.03. The summed E-state index contributed by atoms with van der Waals surface area (Å²) < 4.78 is 10.3. The molecule has 0 aliphatic carbocycles. The zero-order valence-electron chi connectivity index (χ0n) is 8.11. The Kier molecular flexibility index (Phi) is 3.11. The van der Waals surface area contributed by atoms with E-state index in [1.165, 1.54) is 12.8 Å². The molecule has 0 saturated carbocycles. The molecule has 2 heterocycles. The number of furan rings is 1. The van der Waals surface area contributed by atoms with Crippen molar-refractivity contribution in [3.8, 4) is 5.75 Å². The summed E-state index contributed by atoms with van der Waals surface area (Å²) in [6, 6.07) is 1.74. The maximum absolute atomic E-state index is 8.65. The molecule has 1 aliphatic rings. The molecule has 0 spiro atoms. The van der Waals surface area contributed by atoms with E-state index in [2.05, 4.69) is 4.90 Å². The van der Waals surface area contributed by atoms with Gasteiger partial charge in [-0.1, -0.05) is 0 Å². The second-order valence-electron chi connectivity index (χ2n) is 3.46. The third-order valence-corrected chi connectivity index (χ3v) is 2.49. The smallest absolute Gasteiger partial charge is 0.504 e. The number of hydrogen-bond acceptors (Lipinski definition) is 4. The Morgan fingerprint density at radius 2 is 2.29 bits per heavy atom. The summed E-state index contributed by atoms with van der Waals surface area (Å²) in [7, 11) is -0.299. The van der Waals surface area contributed by atoms with E-state index in [0.29, 0.717) is 5.75 Å². The lowest BCUT2D eigenvalue weighted by Crippen LogP contribution is -2.18. The van der Waals surface area contributed by atoms with Crippen LogP contribution in [0.1, 0.15) is 18.6 Å². The van der Waals surface area contributed by atoms with Crippen LogP contribution in [0.2, 0.25) is 0 Å². The van der Waals surface area contributed by atoms with Crippen molar-refractivity contribution in [3.05, 3.63) is 18.1 Å². The van der Waals surface area contributed by atoms with Gasteiger partial charge < -0.3 is 14.1 Å². The molecule has 0 amide bonds. The van der Waals surface area contributed by atoms with Crippen LogP contribution in [0.25, 0.3) is 0 Å². The predicted molar refractivity (Wildman–Crippen MR) is 53.2 cm³/mol. The van der Waals surface area contributed by atoms with Gasteiger partial charge in [0.25, 0.3) is 0 Å². The average Bonchev–Trinajstić information content (AvgIpc) is 2.80. The summed E-state index contributed by atoms with van der Waals surface area (Å²) in [4.78, 5) is 2.32. The summed E-state index contributed by atoms with van der Waals surface area (Å²) in [5.74, 6) is 1.46. The number of likely N-dealkylation sites (tertiary alicyclic amines) is 1. The molecular weight excluding hydrogens is 181 g/mol. The van der Waals surface area contributed by atoms with Gasteiger partial charge in [-0.2, -0.15) is 0 Å². The van der Waals surface area contributed by atoms with Crippen LogP contribution in [-0.4, -0.2) is 30.7 Å². The second-order valence-corrected chi connectivity index (χ2v) is 3.46. The summed E-state index contributed by atoms with van der Waals surface area (Å²) >= 11 is 0. The van der Waals surface area contributed by atoms with Gasteiger partial charge in [0.2, 0.25) is 0 Å². The van der Waals surface area contributed by atoms with Crippen molar-refractivity contribution in [3.63, 3.8) is 0 Å². The van der Waals surface area contributed by atoms with Crippen molar-refractivity contribution in [2.24, 2.45) is 0 Å². The topological polar surface area (TPSA) is 45.8 Å². The lowest BCUT2D eigenvalue weighted by Gasteiger charge is -2.13. The highest BCUT2D eigenvalue weighted by atomic mass is 16.5. The number of rotatable bonds is 4. The van der Waals surface area contributed by atoms with Crippen LogP contribution in [0.15, 0.2) is 16.7 Å². The van der Waals surface area contributed by atoms with Gasteiger partial charge in [0, 0.05) is 6.07 Å². The van der Waals surface area contributed by atoms with E-state index in [1.54, 1.807) is 12.3 Å². The van der Waals surface area contributed by atoms with Crippen molar-refractivity contribution in [1.82, 2.24) is 4.90 Å². The first-order valence-corrected chi connectivity index (χ1v) is 4.92. The average molecular weight is 195 g/mol. The first kappa shape index (κ1) is 9.61. The van der Waals surface area contributed by atoms with E-state index < -0.39 is 0 Å². The minimum Gasteiger partial charge on any atom is -0.536 e.